The predicted octanol–water partition coefficient (Wildman–Crippen LogP) is 4.57. The maximum absolute atomic E-state index is 13.1. The summed E-state index contributed by atoms with van der Waals surface area (Å²) in [7, 11) is 1.64. The van der Waals surface area contributed by atoms with Gasteiger partial charge in [0.15, 0.2) is 0 Å². The van der Waals surface area contributed by atoms with Gasteiger partial charge in [0.05, 0.1) is 18.5 Å². The third kappa shape index (κ3) is 4.56. The molecule has 0 bridgehead atoms. The summed E-state index contributed by atoms with van der Waals surface area (Å²) in [6, 6.07) is 8.07. The number of aromatic amines is 1. The number of fused-ring (bicyclic) bond motifs is 1. The van der Waals surface area contributed by atoms with Crippen LogP contribution in [0, 0.1) is 11.8 Å². The van der Waals surface area contributed by atoms with E-state index in [9.17, 15) is 9.59 Å². The van der Waals surface area contributed by atoms with Crippen LogP contribution >= 0.6 is 11.3 Å². The molecule has 3 atom stereocenters. The second kappa shape index (κ2) is 9.78. The molecule has 2 fully saturated rings. The summed E-state index contributed by atoms with van der Waals surface area (Å²) in [5, 5.41) is 5.30. The van der Waals surface area contributed by atoms with Gasteiger partial charge in [-0.1, -0.05) is 31.9 Å². The molecule has 3 aromatic rings. The molecule has 8 heteroatoms. The lowest BCUT2D eigenvalue weighted by Gasteiger charge is -2.35. The molecule has 0 spiro atoms. The standard InChI is InChI=1S/C26H32N4O3S/c1-16-7-3-4-11-21(16)27-24(31)18-9-6-12-30(14-18)26-28-22-20(15-34-23(22)25(32)29-26)17-8-5-10-19(13-17)33-2/h5,8,10,13,15-16,18,21H,3-4,6-7,9,11-12,14H2,1-2H3,(H,27,31)(H,28,29,32). The van der Waals surface area contributed by atoms with E-state index in [0.717, 1.165) is 42.7 Å². The Morgan fingerprint density at radius 1 is 1.24 bits per heavy atom. The summed E-state index contributed by atoms with van der Waals surface area (Å²) in [4.78, 5) is 35.9. The van der Waals surface area contributed by atoms with Gasteiger partial charge in [0.2, 0.25) is 11.9 Å². The fourth-order valence-corrected chi connectivity index (χ4v) is 6.18. The van der Waals surface area contributed by atoms with Gasteiger partial charge in [-0.15, -0.1) is 11.3 Å². The summed E-state index contributed by atoms with van der Waals surface area (Å²) in [5.74, 6) is 1.89. The van der Waals surface area contributed by atoms with Gasteiger partial charge < -0.3 is 15.0 Å². The Morgan fingerprint density at radius 3 is 2.91 bits per heavy atom. The van der Waals surface area contributed by atoms with E-state index >= 15 is 0 Å². The minimum absolute atomic E-state index is 0.0933. The van der Waals surface area contributed by atoms with Gasteiger partial charge in [-0.3, -0.25) is 14.6 Å². The van der Waals surface area contributed by atoms with Crippen LogP contribution in [0.25, 0.3) is 21.3 Å². The van der Waals surface area contributed by atoms with Crippen molar-refractivity contribution in [2.75, 3.05) is 25.1 Å². The number of anilines is 1. The van der Waals surface area contributed by atoms with Crippen molar-refractivity contribution in [3.05, 3.63) is 40.0 Å². The molecule has 1 amide bonds. The maximum Gasteiger partial charge on any atom is 0.270 e. The molecule has 1 saturated carbocycles. The number of methoxy groups -OCH3 is 1. The van der Waals surface area contributed by atoms with Gasteiger partial charge in [-0.05, 0) is 49.3 Å². The first-order valence-electron chi connectivity index (χ1n) is 12.2. The Bertz CT molecular complexity index is 1240. The number of hydrogen-bond acceptors (Lipinski definition) is 6. The zero-order valence-corrected chi connectivity index (χ0v) is 20.6. The van der Waals surface area contributed by atoms with E-state index in [0.29, 0.717) is 28.6 Å². The van der Waals surface area contributed by atoms with Gasteiger partial charge >= 0.3 is 0 Å². The first-order chi connectivity index (χ1) is 16.5. The number of hydrogen-bond donors (Lipinski definition) is 2. The van der Waals surface area contributed by atoms with Crippen molar-refractivity contribution in [2.24, 2.45) is 11.8 Å². The molecule has 1 aromatic carbocycles. The van der Waals surface area contributed by atoms with Gasteiger partial charge in [0, 0.05) is 30.1 Å². The molecular weight excluding hydrogens is 448 g/mol. The Morgan fingerprint density at radius 2 is 2.09 bits per heavy atom. The number of aromatic nitrogens is 2. The van der Waals surface area contributed by atoms with Crippen LogP contribution in [0.4, 0.5) is 5.95 Å². The number of ether oxygens (including phenoxy) is 1. The average molecular weight is 481 g/mol. The van der Waals surface area contributed by atoms with E-state index in [-0.39, 0.29) is 23.4 Å². The normalized spacial score (nSPS) is 23.1. The second-order valence-electron chi connectivity index (χ2n) is 9.61. The van der Waals surface area contributed by atoms with Crippen LogP contribution in [0.1, 0.15) is 45.4 Å². The van der Waals surface area contributed by atoms with Crippen molar-refractivity contribution >= 4 is 33.4 Å². The number of amides is 1. The lowest BCUT2D eigenvalue weighted by molar-refractivity contribution is -0.126. The van der Waals surface area contributed by atoms with Crippen molar-refractivity contribution in [1.82, 2.24) is 15.3 Å². The van der Waals surface area contributed by atoms with Gasteiger partial charge in [0.1, 0.15) is 10.4 Å². The first-order valence-corrected chi connectivity index (χ1v) is 13.1. The highest BCUT2D eigenvalue weighted by Crippen LogP contribution is 2.34. The van der Waals surface area contributed by atoms with Crippen LogP contribution in [-0.2, 0) is 4.79 Å². The van der Waals surface area contributed by atoms with Crippen LogP contribution in [0.2, 0.25) is 0 Å². The topological polar surface area (TPSA) is 87.3 Å². The molecule has 3 unspecified atom stereocenters. The Kier molecular flexibility index (Phi) is 6.59. The number of carbonyl (C=O) groups is 1. The number of nitrogens with one attached hydrogen (secondary N) is 2. The van der Waals surface area contributed by atoms with Crippen molar-refractivity contribution in [1.29, 1.82) is 0 Å². The van der Waals surface area contributed by atoms with Gasteiger partial charge in [-0.2, -0.15) is 0 Å². The number of piperidine rings is 1. The largest absolute Gasteiger partial charge is 0.497 e. The monoisotopic (exact) mass is 480 g/mol. The quantitative estimate of drug-likeness (QED) is 0.559. The highest BCUT2D eigenvalue weighted by atomic mass is 32.1. The third-order valence-electron chi connectivity index (χ3n) is 7.33. The highest BCUT2D eigenvalue weighted by Gasteiger charge is 2.30. The summed E-state index contributed by atoms with van der Waals surface area (Å²) < 4.78 is 5.98. The Balaban J connectivity index is 1.39. The summed E-state index contributed by atoms with van der Waals surface area (Å²) >= 11 is 1.40. The fourth-order valence-electron chi connectivity index (χ4n) is 5.28. The van der Waals surface area contributed by atoms with Crippen LogP contribution < -0.4 is 20.5 Å². The molecule has 34 heavy (non-hydrogen) atoms. The molecule has 0 radical (unpaired) electrons. The minimum atomic E-state index is -0.137. The SMILES string of the molecule is COc1cccc(-c2csc3c(=O)[nH]c(N4CCCC(C(=O)NC5CCCCC5C)C4)nc23)c1. The zero-order valence-electron chi connectivity index (χ0n) is 19.8. The zero-order chi connectivity index (χ0) is 23.7. The van der Waals surface area contributed by atoms with E-state index in [2.05, 4.69) is 22.1 Å². The van der Waals surface area contributed by atoms with E-state index in [4.69, 9.17) is 9.72 Å². The van der Waals surface area contributed by atoms with E-state index in [1.807, 2.05) is 29.6 Å². The molecule has 1 saturated heterocycles. The maximum atomic E-state index is 13.1. The number of rotatable bonds is 5. The van der Waals surface area contributed by atoms with Gasteiger partial charge in [0.25, 0.3) is 5.56 Å². The molecule has 2 aliphatic rings. The molecule has 5 rings (SSSR count). The molecule has 7 nitrogen and oxygen atoms in total. The molecule has 2 aromatic heterocycles. The predicted molar refractivity (Wildman–Crippen MR) is 137 cm³/mol. The number of benzene rings is 1. The molecule has 1 aliphatic carbocycles. The smallest absolute Gasteiger partial charge is 0.270 e. The number of H-pyrrole nitrogens is 1. The summed E-state index contributed by atoms with van der Waals surface area (Å²) in [5.41, 5.74) is 2.44. The first kappa shape index (κ1) is 22.9. The Hall–Kier alpha value is -2.87. The highest BCUT2D eigenvalue weighted by molar-refractivity contribution is 7.17. The van der Waals surface area contributed by atoms with E-state index < -0.39 is 0 Å². The summed E-state index contributed by atoms with van der Waals surface area (Å²) in [6.45, 7) is 3.58. The van der Waals surface area contributed by atoms with Crippen LogP contribution in [0.5, 0.6) is 5.75 Å². The van der Waals surface area contributed by atoms with Crippen molar-refractivity contribution in [3.8, 4) is 16.9 Å². The van der Waals surface area contributed by atoms with Crippen molar-refractivity contribution in [3.63, 3.8) is 0 Å². The molecule has 3 heterocycles. The van der Waals surface area contributed by atoms with Crippen LogP contribution in [0.3, 0.4) is 0 Å². The van der Waals surface area contributed by atoms with Crippen molar-refractivity contribution in [2.45, 2.75) is 51.5 Å². The lowest BCUT2D eigenvalue weighted by Crippen LogP contribution is -2.48. The third-order valence-corrected chi connectivity index (χ3v) is 8.29. The minimum Gasteiger partial charge on any atom is -0.497 e. The molecular formula is C26H32N4O3S. The van der Waals surface area contributed by atoms with Gasteiger partial charge in [-0.25, -0.2) is 4.98 Å². The molecule has 180 valence electrons. The average Bonchev–Trinajstić information content (AvgIpc) is 3.30. The molecule has 1 aliphatic heterocycles. The van der Waals surface area contributed by atoms with Crippen LogP contribution in [0.15, 0.2) is 34.4 Å². The van der Waals surface area contributed by atoms with E-state index in [1.165, 1.54) is 30.6 Å². The van der Waals surface area contributed by atoms with E-state index in [1.54, 1.807) is 7.11 Å². The number of thiophene rings is 1. The Labute approximate surface area is 203 Å². The van der Waals surface area contributed by atoms with Crippen LogP contribution in [-0.4, -0.2) is 42.1 Å². The second-order valence-corrected chi connectivity index (χ2v) is 10.5. The number of carbonyl (C=O) groups excluding carboxylic acids is 1. The summed E-state index contributed by atoms with van der Waals surface area (Å²) in [6.07, 6.45) is 6.46. The molecule has 2 N–H and O–H groups in total. The number of nitrogens with zero attached hydrogens (tertiary/aromatic N) is 2. The van der Waals surface area contributed by atoms with Crippen molar-refractivity contribution < 1.29 is 9.53 Å². The fraction of sp³-hybridized carbons (Fsp3) is 0.500. The lowest BCUT2D eigenvalue weighted by atomic mass is 9.85.